The van der Waals surface area contributed by atoms with E-state index < -0.39 is 16.7 Å². The number of rotatable bonds is 6. The van der Waals surface area contributed by atoms with Crippen LogP contribution in [0.1, 0.15) is 69.5 Å². The maximum absolute atomic E-state index is 11.6. The number of hydrogen-bond donors (Lipinski definition) is 5. The fourth-order valence-electron chi connectivity index (χ4n) is 4.17. The maximum atomic E-state index is 11.6. The summed E-state index contributed by atoms with van der Waals surface area (Å²) in [6, 6.07) is 2.63. The topological polar surface area (TPSA) is 328 Å². The van der Waals surface area contributed by atoms with E-state index in [1.165, 1.54) is 29.0 Å². The molecule has 26 nitrogen and oxygen atoms in total. The van der Waals surface area contributed by atoms with Crippen LogP contribution >= 0.6 is 15.9 Å². The van der Waals surface area contributed by atoms with Crippen LogP contribution in [0, 0.1) is 30.9 Å². The predicted molar refractivity (Wildman–Crippen MR) is 227 cm³/mol. The van der Waals surface area contributed by atoms with Crippen molar-refractivity contribution in [1.82, 2.24) is 68.9 Å². The van der Waals surface area contributed by atoms with E-state index in [1.54, 1.807) is 92.8 Å². The first kappa shape index (κ1) is 52.7. The van der Waals surface area contributed by atoms with Gasteiger partial charge in [-0.05, 0) is 47.7 Å². The fraction of sp³-hybridized carbons (Fsp3) is 0.429. The van der Waals surface area contributed by atoms with Gasteiger partial charge in [0.2, 0.25) is 0 Å². The lowest BCUT2D eigenvalue weighted by Crippen LogP contribution is -2.22. The van der Waals surface area contributed by atoms with Gasteiger partial charge in [-0.15, -0.1) is 5.10 Å². The first-order valence-corrected chi connectivity index (χ1v) is 18.5. The highest BCUT2D eigenvalue weighted by atomic mass is 79.9. The highest BCUT2D eigenvalue weighted by Crippen LogP contribution is 2.24. The van der Waals surface area contributed by atoms with Crippen LogP contribution in [0.15, 0.2) is 16.6 Å². The maximum Gasteiger partial charge on any atom is 0.358 e. The lowest BCUT2D eigenvalue weighted by molar-refractivity contribution is -0.389. The summed E-state index contributed by atoms with van der Waals surface area (Å²) in [6.07, 6.45) is 0. The molecule has 27 heteroatoms. The first-order chi connectivity index (χ1) is 28.5. The summed E-state index contributed by atoms with van der Waals surface area (Å²) in [5, 5.41) is 58.1. The lowest BCUT2D eigenvalue weighted by atomic mass is 10.3. The van der Waals surface area contributed by atoms with Gasteiger partial charge in [0.05, 0.1) is 21.9 Å². The van der Waals surface area contributed by atoms with Crippen molar-refractivity contribution in [3.63, 3.8) is 0 Å². The Bertz CT molecular complexity index is 2190. The smallest absolute Gasteiger partial charge is 0.358 e. The zero-order valence-electron chi connectivity index (χ0n) is 37.1. The van der Waals surface area contributed by atoms with Gasteiger partial charge in [-0.25, -0.2) is 9.48 Å². The molecule has 0 aliphatic carbocycles. The molecule has 0 aliphatic rings. The number of aromatic carboxylic acids is 1. The molecule has 0 aliphatic heterocycles. The second kappa shape index (κ2) is 22.3. The van der Waals surface area contributed by atoms with Crippen molar-refractivity contribution in [2.45, 2.75) is 20.8 Å². The molecule has 5 aromatic rings. The zero-order valence-corrected chi connectivity index (χ0v) is 38.7. The molecule has 62 heavy (non-hydrogen) atoms. The predicted octanol–water partition coefficient (Wildman–Crippen LogP) is 1.18. The minimum atomic E-state index is -1.30. The number of nitro groups is 1. The number of nitrogens with zero attached hydrogens (tertiary/aromatic N) is 14. The van der Waals surface area contributed by atoms with Crippen LogP contribution in [0.4, 0.5) is 11.6 Å². The van der Waals surface area contributed by atoms with Gasteiger partial charge in [0, 0.05) is 90.3 Å². The number of nitrogens with two attached hydrogens (primary N) is 1. The standard InChI is InChI=1S/C8H12BrN3O.C8H13N3O2.C8H13N3O.C7H12N4O2.C4H3N3O4/c1-5-6(9)7(10-12(5)4)8(13)11(2)3;1-5-7(12)6(9-11(5)4)8(13)10(2)3;1-6-5-7(9-11(6)4)8(12)10(2)3;1-10(2)7(13)4-5(12)6(8)11(3)9-4;8-4(9)2-1-3(6-5-2)7(10)11/h1-4H3;12H,1-4H3;5H,1-4H3;12H,8H2,1-3H3;1H,(H,5,6)(H,8,9). The monoisotopic (exact) mass is 936 g/mol. The lowest BCUT2D eigenvalue weighted by Gasteiger charge is -2.07. The molecule has 4 amide bonds. The fourth-order valence-corrected chi connectivity index (χ4v) is 4.68. The highest BCUT2D eigenvalue weighted by Gasteiger charge is 2.22. The van der Waals surface area contributed by atoms with Gasteiger partial charge < -0.3 is 50.8 Å². The molecule has 6 N–H and O–H groups in total. The number of halogens is 1. The van der Waals surface area contributed by atoms with E-state index in [-0.39, 0.29) is 58.0 Å². The van der Waals surface area contributed by atoms with Gasteiger partial charge in [-0.2, -0.15) is 20.4 Å². The molecule has 5 rings (SSSR count). The molecular weight excluding hydrogens is 884 g/mol. The summed E-state index contributed by atoms with van der Waals surface area (Å²) in [4.78, 5) is 70.8. The van der Waals surface area contributed by atoms with Crippen LogP contribution in [-0.4, -0.2) is 175 Å². The molecule has 0 fully saturated rings. The number of anilines is 1. The Labute approximate surface area is 364 Å². The molecule has 0 saturated heterocycles. The third kappa shape index (κ3) is 13.6. The van der Waals surface area contributed by atoms with Gasteiger partial charge in [0.15, 0.2) is 45.8 Å². The molecule has 0 saturated carbocycles. The van der Waals surface area contributed by atoms with Gasteiger partial charge in [0.1, 0.15) is 0 Å². The number of aromatic hydroxyl groups is 2. The van der Waals surface area contributed by atoms with Crippen LogP contribution in [-0.2, 0) is 28.2 Å². The van der Waals surface area contributed by atoms with E-state index in [2.05, 4.69) is 41.4 Å². The van der Waals surface area contributed by atoms with Crippen molar-refractivity contribution in [2.75, 3.05) is 62.1 Å². The molecular formula is C35H53BrN16O10. The zero-order chi connectivity index (χ0) is 48.2. The average molecular weight is 938 g/mol. The summed E-state index contributed by atoms with van der Waals surface area (Å²) < 4.78 is 6.88. The van der Waals surface area contributed by atoms with Crippen LogP contribution in [0.2, 0.25) is 0 Å². The Balaban J connectivity index is 0.000000388. The number of nitrogen functional groups attached to an aromatic ring is 1. The Morgan fingerprint density at radius 1 is 0.661 bits per heavy atom. The highest BCUT2D eigenvalue weighted by molar-refractivity contribution is 9.10. The van der Waals surface area contributed by atoms with Crippen molar-refractivity contribution in [1.29, 1.82) is 0 Å². The Kier molecular flexibility index (Phi) is 19.0. The number of amides is 4. The van der Waals surface area contributed by atoms with Crippen LogP contribution in [0.25, 0.3) is 0 Å². The van der Waals surface area contributed by atoms with E-state index >= 15 is 0 Å². The largest absolute Gasteiger partial charge is 0.504 e. The molecule has 0 radical (unpaired) electrons. The summed E-state index contributed by atoms with van der Waals surface area (Å²) in [6.45, 7) is 5.53. The minimum Gasteiger partial charge on any atom is -0.504 e. The molecule has 0 bridgehead atoms. The number of carboxylic acids is 1. The third-order valence-corrected chi connectivity index (χ3v) is 9.12. The SMILES string of the molecule is CN(C)C(=O)c1nn(C)c(N)c1O.Cc1c(Br)c(C(=O)N(C)C)nn1C.Cc1c(O)c(C(=O)N(C)C)nn1C.Cc1cc(C(=O)N(C)C)nn1C.O=C(O)c1cc([N+](=O)[O-])[nH]n1. The summed E-state index contributed by atoms with van der Waals surface area (Å²) >= 11 is 3.34. The number of nitrogens with one attached hydrogen (secondary N) is 1. The van der Waals surface area contributed by atoms with Crippen molar-refractivity contribution in [2.24, 2.45) is 28.2 Å². The number of carbonyl (C=O) groups is 5. The molecule has 5 aromatic heterocycles. The van der Waals surface area contributed by atoms with Crippen LogP contribution in [0.5, 0.6) is 11.5 Å². The van der Waals surface area contributed by atoms with Crippen molar-refractivity contribution in [3.8, 4) is 11.5 Å². The summed E-state index contributed by atoms with van der Waals surface area (Å²) in [7, 11) is 20.1. The Hall–Kier alpha value is -7.32. The first-order valence-electron chi connectivity index (χ1n) is 17.7. The molecule has 5 heterocycles. The van der Waals surface area contributed by atoms with E-state index in [4.69, 9.17) is 10.8 Å². The summed E-state index contributed by atoms with van der Waals surface area (Å²) in [5.74, 6) is -2.75. The quantitative estimate of drug-likeness (QED) is 0.118. The second-order valence-electron chi connectivity index (χ2n) is 13.8. The Morgan fingerprint density at radius 3 is 1.37 bits per heavy atom. The van der Waals surface area contributed by atoms with E-state index in [1.807, 2.05) is 33.0 Å². The number of aryl methyl sites for hydroxylation is 5. The number of H-pyrrole nitrogens is 1. The Morgan fingerprint density at radius 2 is 1.08 bits per heavy atom. The van der Waals surface area contributed by atoms with Gasteiger partial charge in [0.25, 0.3) is 23.6 Å². The summed E-state index contributed by atoms with van der Waals surface area (Å²) in [5.41, 5.74) is 8.62. The molecule has 0 aromatic carbocycles. The average Bonchev–Trinajstić information content (AvgIpc) is 4.00. The molecule has 0 unspecified atom stereocenters. The number of aromatic nitrogens is 10. The molecule has 340 valence electrons. The van der Waals surface area contributed by atoms with E-state index in [0.29, 0.717) is 17.1 Å². The van der Waals surface area contributed by atoms with Gasteiger partial charge >= 0.3 is 11.8 Å². The minimum absolute atomic E-state index is 0.0231. The molecule has 0 atom stereocenters. The second-order valence-corrected chi connectivity index (χ2v) is 14.6. The number of hydrogen-bond acceptors (Lipinski definition) is 15. The van der Waals surface area contributed by atoms with Crippen LogP contribution < -0.4 is 5.73 Å². The van der Waals surface area contributed by atoms with Crippen molar-refractivity contribution in [3.05, 3.63) is 72.3 Å². The van der Waals surface area contributed by atoms with Gasteiger partial charge in [-0.3, -0.25) is 33.2 Å². The normalized spacial score (nSPS) is 10.0. The number of carbonyl (C=O) groups excluding carboxylic acids is 4. The van der Waals surface area contributed by atoms with Crippen molar-refractivity contribution < 1.29 is 44.2 Å². The molecule has 0 spiro atoms. The van der Waals surface area contributed by atoms with Crippen LogP contribution in [0.3, 0.4) is 0 Å². The van der Waals surface area contributed by atoms with E-state index in [0.717, 1.165) is 21.9 Å². The third-order valence-electron chi connectivity index (χ3n) is 8.17. The van der Waals surface area contributed by atoms with E-state index in [9.17, 15) is 44.3 Å². The van der Waals surface area contributed by atoms with Gasteiger partial charge in [-0.1, -0.05) is 5.10 Å². The number of carboxylic acid groups (broad SMARTS) is 1. The number of aromatic amines is 1. The van der Waals surface area contributed by atoms with Crippen molar-refractivity contribution >= 4 is 57.2 Å².